The zero-order valence-corrected chi connectivity index (χ0v) is 10.3. The fraction of sp³-hybridized carbons (Fsp3) is 1.00. The maximum atomic E-state index is 11.2. The predicted molar refractivity (Wildman–Crippen MR) is 60.8 cm³/mol. The summed E-state index contributed by atoms with van der Waals surface area (Å²) in [6.45, 7) is 5.01. The molecule has 5 heteroatoms. The van der Waals surface area contributed by atoms with Gasteiger partial charge in [-0.25, -0.2) is 8.42 Å². The van der Waals surface area contributed by atoms with E-state index in [2.05, 4.69) is 5.32 Å². The first kappa shape index (κ1) is 12.9. The highest BCUT2D eigenvalue weighted by Gasteiger charge is 2.28. The summed E-state index contributed by atoms with van der Waals surface area (Å²) in [5.41, 5.74) is 0. The Labute approximate surface area is 92.3 Å². The lowest BCUT2D eigenvalue weighted by Gasteiger charge is -2.35. The molecule has 0 unspecified atom stereocenters. The van der Waals surface area contributed by atoms with Gasteiger partial charge in [-0.15, -0.1) is 0 Å². The minimum Gasteiger partial charge on any atom is -0.378 e. The van der Waals surface area contributed by atoms with Gasteiger partial charge < -0.3 is 10.1 Å². The van der Waals surface area contributed by atoms with Gasteiger partial charge in [-0.2, -0.15) is 0 Å². The quantitative estimate of drug-likeness (QED) is 0.701. The predicted octanol–water partition coefficient (Wildman–Crippen LogP) is 0.578. The van der Waals surface area contributed by atoms with Crippen molar-refractivity contribution in [2.24, 2.45) is 0 Å². The molecule has 90 valence electrons. The Morgan fingerprint density at radius 2 is 2.00 bits per heavy atom. The second-order valence-electron chi connectivity index (χ2n) is 3.94. The van der Waals surface area contributed by atoms with Crippen LogP contribution in [0.2, 0.25) is 0 Å². The standard InChI is InChI=1S/C10H21NO3S/c1-3-14-10-7-9(8-10)11-5-6-15(12,13)4-2/h9-11H,3-8H2,1-2H3. The van der Waals surface area contributed by atoms with Gasteiger partial charge in [0.2, 0.25) is 0 Å². The van der Waals surface area contributed by atoms with Gasteiger partial charge in [-0.3, -0.25) is 0 Å². The number of rotatable bonds is 7. The highest BCUT2D eigenvalue weighted by molar-refractivity contribution is 7.91. The molecule has 0 aromatic rings. The van der Waals surface area contributed by atoms with E-state index in [0.717, 1.165) is 19.4 Å². The molecule has 0 spiro atoms. The Morgan fingerprint density at radius 1 is 1.33 bits per heavy atom. The van der Waals surface area contributed by atoms with Gasteiger partial charge in [0.05, 0.1) is 11.9 Å². The van der Waals surface area contributed by atoms with Gasteiger partial charge in [0.1, 0.15) is 0 Å². The third-order valence-corrected chi connectivity index (χ3v) is 4.49. The van der Waals surface area contributed by atoms with E-state index in [4.69, 9.17) is 4.74 Å². The Balaban J connectivity index is 2.04. The van der Waals surface area contributed by atoms with Crippen molar-refractivity contribution in [1.82, 2.24) is 5.32 Å². The second-order valence-corrected chi connectivity index (χ2v) is 6.41. The third-order valence-electron chi connectivity index (χ3n) is 2.78. The van der Waals surface area contributed by atoms with Gasteiger partial charge >= 0.3 is 0 Å². The summed E-state index contributed by atoms with van der Waals surface area (Å²) in [5.74, 6) is 0.486. The zero-order chi connectivity index (χ0) is 11.3. The summed E-state index contributed by atoms with van der Waals surface area (Å²) in [7, 11) is -2.82. The van der Waals surface area contributed by atoms with E-state index < -0.39 is 9.84 Å². The van der Waals surface area contributed by atoms with E-state index in [0.29, 0.717) is 18.7 Å². The van der Waals surface area contributed by atoms with Crippen LogP contribution in [0.3, 0.4) is 0 Å². The number of nitrogens with one attached hydrogen (secondary N) is 1. The van der Waals surface area contributed by atoms with Crippen molar-refractivity contribution in [2.45, 2.75) is 38.8 Å². The Kier molecular flexibility index (Phi) is 5.02. The Morgan fingerprint density at radius 3 is 2.53 bits per heavy atom. The van der Waals surface area contributed by atoms with Gasteiger partial charge in [0.25, 0.3) is 0 Å². The SMILES string of the molecule is CCOC1CC(NCCS(=O)(=O)CC)C1. The van der Waals surface area contributed by atoms with E-state index in [1.54, 1.807) is 6.92 Å². The molecule has 1 rings (SSSR count). The summed E-state index contributed by atoms with van der Waals surface area (Å²) in [6.07, 6.45) is 2.41. The van der Waals surface area contributed by atoms with E-state index in [9.17, 15) is 8.42 Å². The maximum absolute atomic E-state index is 11.2. The van der Waals surface area contributed by atoms with E-state index in [1.165, 1.54) is 0 Å². The molecule has 0 aromatic heterocycles. The van der Waals surface area contributed by atoms with Crippen LogP contribution in [0, 0.1) is 0 Å². The number of sulfone groups is 1. The summed E-state index contributed by atoms with van der Waals surface area (Å²) in [4.78, 5) is 0. The average Bonchev–Trinajstić information content (AvgIpc) is 2.14. The van der Waals surface area contributed by atoms with Crippen molar-refractivity contribution in [3.8, 4) is 0 Å². The molecule has 0 atom stereocenters. The molecular formula is C10H21NO3S. The lowest BCUT2D eigenvalue weighted by Crippen LogP contribution is -2.46. The molecule has 0 radical (unpaired) electrons. The monoisotopic (exact) mass is 235 g/mol. The van der Waals surface area contributed by atoms with Crippen molar-refractivity contribution in [3.63, 3.8) is 0 Å². The van der Waals surface area contributed by atoms with Crippen LogP contribution in [-0.2, 0) is 14.6 Å². The third kappa shape index (κ3) is 4.49. The van der Waals surface area contributed by atoms with Crippen LogP contribution >= 0.6 is 0 Å². The Hall–Kier alpha value is -0.130. The van der Waals surface area contributed by atoms with Crippen LogP contribution in [0.15, 0.2) is 0 Å². The van der Waals surface area contributed by atoms with Crippen LogP contribution in [0.5, 0.6) is 0 Å². The number of hydrogen-bond donors (Lipinski definition) is 1. The van der Waals surface area contributed by atoms with Crippen LogP contribution in [-0.4, -0.2) is 45.2 Å². The van der Waals surface area contributed by atoms with Crippen molar-refractivity contribution in [1.29, 1.82) is 0 Å². The molecule has 4 nitrogen and oxygen atoms in total. The molecule has 1 fully saturated rings. The molecule has 0 aliphatic heterocycles. The molecule has 1 aliphatic rings. The summed E-state index contributed by atoms with van der Waals surface area (Å²) >= 11 is 0. The fourth-order valence-electron chi connectivity index (χ4n) is 1.67. The second kappa shape index (κ2) is 5.82. The zero-order valence-electron chi connectivity index (χ0n) is 9.53. The lowest BCUT2D eigenvalue weighted by molar-refractivity contribution is -0.00930. The fourth-order valence-corrected chi connectivity index (χ4v) is 2.38. The van der Waals surface area contributed by atoms with Crippen LogP contribution < -0.4 is 5.32 Å². The van der Waals surface area contributed by atoms with Gasteiger partial charge in [0.15, 0.2) is 9.84 Å². The van der Waals surface area contributed by atoms with Crippen molar-refractivity contribution in [3.05, 3.63) is 0 Å². The molecule has 0 heterocycles. The maximum Gasteiger partial charge on any atom is 0.151 e. The van der Waals surface area contributed by atoms with Crippen molar-refractivity contribution < 1.29 is 13.2 Å². The van der Waals surface area contributed by atoms with Crippen LogP contribution in [0.1, 0.15) is 26.7 Å². The van der Waals surface area contributed by atoms with Crippen LogP contribution in [0.4, 0.5) is 0 Å². The smallest absolute Gasteiger partial charge is 0.151 e. The largest absolute Gasteiger partial charge is 0.378 e. The lowest BCUT2D eigenvalue weighted by atomic mass is 9.89. The van der Waals surface area contributed by atoms with Crippen molar-refractivity contribution in [2.75, 3.05) is 24.7 Å². The molecule has 0 aromatic carbocycles. The first-order valence-electron chi connectivity index (χ1n) is 5.62. The van der Waals surface area contributed by atoms with E-state index >= 15 is 0 Å². The molecule has 1 N–H and O–H groups in total. The van der Waals surface area contributed by atoms with E-state index in [1.807, 2.05) is 6.92 Å². The minimum atomic E-state index is -2.82. The summed E-state index contributed by atoms with van der Waals surface area (Å²) < 4.78 is 27.8. The average molecular weight is 235 g/mol. The molecule has 0 bridgehead atoms. The highest BCUT2D eigenvalue weighted by atomic mass is 32.2. The van der Waals surface area contributed by atoms with Crippen molar-refractivity contribution >= 4 is 9.84 Å². The summed E-state index contributed by atoms with van der Waals surface area (Å²) in [5, 5.41) is 3.24. The van der Waals surface area contributed by atoms with E-state index in [-0.39, 0.29) is 11.5 Å². The van der Waals surface area contributed by atoms with Gasteiger partial charge in [-0.05, 0) is 19.8 Å². The number of hydrogen-bond acceptors (Lipinski definition) is 4. The minimum absolute atomic E-state index is 0.237. The first-order chi connectivity index (χ1) is 7.07. The molecule has 0 saturated heterocycles. The molecular weight excluding hydrogens is 214 g/mol. The van der Waals surface area contributed by atoms with Crippen LogP contribution in [0.25, 0.3) is 0 Å². The molecule has 15 heavy (non-hydrogen) atoms. The van der Waals surface area contributed by atoms with Gasteiger partial charge in [-0.1, -0.05) is 6.92 Å². The molecule has 1 saturated carbocycles. The topological polar surface area (TPSA) is 55.4 Å². The molecule has 1 aliphatic carbocycles. The Bertz CT molecular complexity index is 270. The highest BCUT2D eigenvalue weighted by Crippen LogP contribution is 2.22. The number of ether oxygens (including phenoxy) is 1. The molecule has 0 amide bonds. The summed E-state index contributed by atoms with van der Waals surface area (Å²) in [6, 6.07) is 0.452. The van der Waals surface area contributed by atoms with Gasteiger partial charge in [0, 0.05) is 24.9 Å². The first-order valence-corrected chi connectivity index (χ1v) is 7.45. The normalized spacial score (nSPS) is 26.3.